The second kappa shape index (κ2) is 1.94. The molecule has 58 valence electrons. The first-order valence-corrected chi connectivity index (χ1v) is 3.71. The lowest BCUT2D eigenvalue weighted by atomic mass is 10.0. The molecule has 1 saturated carbocycles. The van der Waals surface area contributed by atoms with Crippen LogP contribution in [0.15, 0.2) is 0 Å². The van der Waals surface area contributed by atoms with Crippen molar-refractivity contribution in [3.8, 4) is 0 Å². The van der Waals surface area contributed by atoms with Crippen LogP contribution in [0.5, 0.6) is 0 Å². The highest BCUT2D eigenvalue weighted by Crippen LogP contribution is 2.43. The second-order valence-corrected chi connectivity index (χ2v) is 3.26. The Morgan fingerprint density at radius 3 is 2.70 bits per heavy atom. The summed E-state index contributed by atoms with van der Waals surface area (Å²) >= 11 is 0. The summed E-state index contributed by atoms with van der Waals surface area (Å²) in [5.74, 6) is 0.214. The molecule has 1 saturated heterocycles. The summed E-state index contributed by atoms with van der Waals surface area (Å²) in [6.45, 7) is 1.79. The van der Waals surface area contributed by atoms with Crippen molar-refractivity contribution in [2.75, 3.05) is 0 Å². The van der Waals surface area contributed by atoms with Crippen molar-refractivity contribution in [3.05, 3.63) is 0 Å². The molecule has 0 aromatic rings. The molecular weight excluding hydrogens is 132 g/mol. The van der Waals surface area contributed by atoms with Crippen LogP contribution in [0.4, 0.5) is 0 Å². The normalized spacial score (nSPS) is 59.7. The van der Waals surface area contributed by atoms with Gasteiger partial charge >= 0.3 is 0 Å². The van der Waals surface area contributed by atoms with Gasteiger partial charge in [0, 0.05) is 5.92 Å². The quantitative estimate of drug-likeness (QED) is 0.482. The van der Waals surface area contributed by atoms with Gasteiger partial charge in [-0.25, -0.2) is 0 Å². The van der Waals surface area contributed by atoms with Crippen LogP contribution in [0.3, 0.4) is 0 Å². The van der Waals surface area contributed by atoms with E-state index in [1.54, 1.807) is 6.92 Å². The summed E-state index contributed by atoms with van der Waals surface area (Å²) in [6, 6.07) is 0. The Hall–Kier alpha value is -0.120. The lowest BCUT2D eigenvalue weighted by Gasteiger charge is -2.28. The molecule has 2 rings (SSSR count). The second-order valence-electron chi connectivity index (χ2n) is 3.26. The highest BCUT2D eigenvalue weighted by Gasteiger charge is 2.52. The number of aliphatic hydroxyl groups is 2. The van der Waals surface area contributed by atoms with Gasteiger partial charge < -0.3 is 14.9 Å². The van der Waals surface area contributed by atoms with E-state index in [9.17, 15) is 10.2 Å². The van der Waals surface area contributed by atoms with Crippen LogP contribution >= 0.6 is 0 Å². The molecule has 0 spiro atoms. The Balaban J connectivity index is 2.07. The Kier molecular flexibility index (Phi) is 1.27. The van der Waals surface area contributed by atoms with Crippen LogP contribution in [-0.4, -0.2) is 34.6 Å². The number of hydrogen-bond donors (Lipinski definition) is 2. The molecule has 2 fully saturated rings. The third-order valence-corrected chi connectivity index (χ3v) is 2.44. The summed E-state index contributed by atoms with van der Waals surface area (Å²) in [5, 5.41) is 18.6. The fourth-order valence-corrected chi connectivity index (χ4v) is 1.59. The first-order chi connectivity index (χ1) is 4.70. The zero-order valence-corrected chi connectivity index (χ0v) is 5.90. The molecule has 0 unspecified atom stereocenters. The molecule has 0 radical (unpaired) electrons. The minimum Gasteiger partial charge on any atom is -0.390 e. The molecule has 10 heavy (non-hydrogen) atoms. The first kappa shape index (κ1) is 6.58. The summed E-state index contributed by atoms with van der Waals surface area (Å²) in [7, 11) is 0. The monoisotopic (exact) mass is 144 g/mol. The maximum Gasteiger partial charge on any atom is 0.106 e. The molecule has 2 aliphatic rings. The van der Waals surface area contributed by atoms with E-state index in [2.05, 4.69) is 0 Å². The predicted octanol–water partition coefficient (Wildman–Crippen LogP) is -0.485. The molecule has 3 nitrogen and oxygen atoms in total. The average Bonchev–Trinajstić information content (AvgIpc) is 2.62. The van der Waals surface area contributed by atoms with E-state index >= 15 is 0 Å². The van der Waals surface area contributed by atoms with Crippen molar-refractivity contribution < 1.29 is 14.9 Å². The zero-order chi connectivity index (χ0) is 7.30. The highest BCUT2D eigenvalue weighted by molar-refractivity contribution is 5.01. The Bertz CT molecular complexity index is 146. The third kappa shape index (κ3) is 0.779. The standard InChI is InChI=1S/C7H12O3/c1-3-6(8)7(9)4-2-5(4)10-3/h3-9H,2H2,1H3/t3-,4-,5+,6-,7-/m0/s1. The number of rotatable bonds is 0. The van der Waals surface area contributed by atoms with Gasteiger partial charge in [-0.05, 0) is 13.3 Å². The fourth-order valence-electron chi connectivity index (χ4n) is 1.59. The number of ether oxygens (including phenoxy) is 1. The number of hydrogen-bond acceptors (Lipinski definition) is 3. The van der Waals surface area contributed by atoms with Gasteiger partial charge in [0.2, 0.25) is 0 Å². The van der Waals surface area contributed by atoms with Crippen molar-refractivity contribution in [1.29, 1.82) is 0 Å². The van der Waals surface area contributed by atoms with Gasteiger partial charge in [-0.3, -0.25) is 0 Å². The molecule has 1 aliphatic carbocycles. The summed E-state index contributed by atoms with van der Waals surface area (Å²) in [6.07, 6.45) is -0.271. The predicted molar refractivity (Wildman–Crippen MR) is 34.5 cm³/mol. The van der Waals surface area contributed by atoms with Gasteiger partial charge in [-0.2, -0.15) is 0 Å². The van der Waals surface area contributed by atoms with E-state index in [1.165, 1.54) is 0 Å². The summed E-state index contributed by atoms with van der Waals surface area (Å²) in [5.41, 5.74) is 0. The molecule has 1 aliphatic heterocycles. The van der Waals surface area contributed by atoms with Crippen molar-refractivity contribution >= 4 is 0 Å². The van der Waals surface area contributed by atoms with Gasteiger partial charge in [0.1, 0.15) is 6.10 Å². The Morgan fingerprint density at radius 2 is 2.00 bits per heavy atom. The molecule has 1 heterocycles. The molecule has 0 aromatic carbocycles. The lowest BCUT2D eigenvalue weighted by molar-refractivity contribution is -0.132. The summed E-state index contributed by atoms with van der Waals surface area (Å²) < 4.78 is 5.33. The number of fused-ring (bicyclic) bond motifs is 1. The largest absolute Gasteiger partial charge is 0.390 e. The zero-order valence-electron chi connectivity index (χ0n) is 5.90. The first-order valence-electron chi connectivity index (χ1n) is 3.71. The lowest BCUT2D eigenvalue weighted by Crippen LogP contribution is -2.43. The highest BCUT2D eigenvalue weighted by atomic mass is 16.5. The maximum absolute atomic E-state index is 9.33. The Labute approximate surface area is 59.6 Å². The molecule has 0 amide bonds. The van der Waals surface area contributed by atoms with Gasteiger partial charge in [0.25, 0.3) is 0 Å². The third-order valence-electron chi connectivity index (χ3n) is 2.44. The summed E-state index contributed by atoms with van der Waals surface area (Å²) in [4.78, 5) is 0. The van der Waals surface area contributed by atoms with Crippen LogP contribution in [0.2, 0.25) is 0 Å². The molecule has 3 heteroatoms. The van der Waals surface area contributed by atoms with Gasteiger partial charge in [0.05, 0.1) is 18.3 Å². The van der Waals surface area contributed by atoms with Crippen LogP contribution < -0.4 is 0 Å². The SMILES string of the molecule is C[C@@H]1O[C@@H]2C[C@@H]2[C@H](O)[C@H]1O. The van der Waals surface area contributed by atoms with Crippen LogP contribution in [-0.2, 0) is 4.74 Å². The van der Waals surface area contributed by atoms with E-state index in [0.717, 1.165) is 6.42 Å². The molecule has 5 atom stereocenters. The maximum atomic E-state index is 9.33. The molecule has 2 N–H and O–H groups in total. The van der Waals surface area contributed by atoms with Gasteiger partial charge in [-0.15, -0.1) is 0 Å². The van der Waals surface area contributed by atoms with Crippen molar-refractivity contribution in [3.63, 3.8) is 0 Å². The van der Waals surface area contributed by atoms with E-state index in [0.29, 0.717) is 0 Å². The Morgan fingerprint density at radius 1 is 1.30 bits per heavy atom. The van der Waals surface area contributed by atoms with E-state index in [-0.39, 0.29) is 18.1 Å². The van der Waals surface area contributed by atoms with E-state index < -0.39 is 12.2 Å². The smallest absolute Gasteiger partial charge is 0.106 e. The minimum atomic E-state index is -0.677. The number of aliphatic hydroxyl groups excluding tert-OH is 2. The van der Waals surface area contributed by atoms with Crippen LogP contribution in [0.1, 0.15) is 13.3 Å². The molecule has 0 bridgehead atoms. The van der Waals surface area contributed by atoms with Crippen molar-refractivity contribution in [1.82, 2.24) is 0 Å². The topological polar surface area (TPSA) is 49.7 Å². The van der Waals surface area contributed by atoms with E-state index in [4.69, 9.17) is 4.74 Å². The average molecular weight is 144 g/mol. The minimum absolute atomic E-state index is 0.196. The van der Waals surface area contributed by atoms with Gasteiger partial charge in [-0.1, -0.05) is 0 Å². The van der Waals surface area contributed by atoms with Crippen LogP contribution in [0, 0.1) is 5.92 Å². The van der Waals surface area contributed by atoms with E-state index in [1.807, 2.05) is 0 Å². The van der Waals surface area contributed by atoms with Crippen molar-refractivity contribution in [2.45, 2.75) is 37.8 Å². The van der Waals surface area contributed by atoms with Crippen molar-refractivity contribution in [2.24, 2.45) is 5.92 Å². The molecular formula is C7H12O3. The molecule has 0 aromatic heterocycles. The van der Waals surface area contributed by atoms with Gasteiger partial charge in [0.15, 0.2) is 0 Å². The fraction of sp³-hybridized carbons (Fsp3) is 1.00. The van der Waals surface area contributed by atoms with Crippen LogP contribution in [0.25, 0.3) is 0 Å².